The fourth-order valence-electron chi connectivity index (χ4n) is 3.38. The Labute approximate surface area is 101 Å². The molecule has 1 aromatic carbocycles. The summed E-state index contributed by atoms with van der Waals surface area (Å²) in [6.07, 6.45) is 3.86. The van der Waals surface area contributed by atoms with Crippen LogP contribution in [0, 0.1) is 0 Å². The Bertz CT molecular complexity index is 451. The molecule has 3 heteroatoms. The van der Waals surface area contributed by atoms with E-state index in [0.29, 0.717) is 0 Å². The lowest BCUT2D eigenvalue weighted by atomic mass is 9.90. The number of benzene rings is 1. The zero-order valence-electron chi connectivity index (χ0n) is 9.85. The lowest BCUT2D eigenvalue weighted by Gasteiger charge is -2.35. The Morgan fingerprint density at radius 1 is 1.24 bits per heavy atom. The van der Waals surface area contributed by atoms with Crippen LogP contribution in [0.1, 0.15) is 30.4 Å². The second kappa shape index (κ2) is 3.84. The normalized spacial score (nSPS) is 28.2. The van der Waals surface area contributed by atoms with Crippen LogP contribution in [-0.2, 0) is 16.8 Å². The minimum absolute atomic E-state index is 0.677. The van der Waals surface area contributed by atoms with Crippen molar-refractivity contribution in [2.24, 2.45) is 0 Å². The maximum Gasteiger partial charge on any atom is 0.328 e. The summed E-state index contributed by atoms with van der Waals surface area (Å²) in [5.41, 5.74) is 1.49. The van der Waals surface area contributed by atoms with E-state index in [4.69, 9.17) is 0 Å². The van der Waals surface area contributed by atoms with Crippen LogP contribution in [0.25, 0.3) is 0 Å². The van der Waals surface area contributed by atoms with Crippen LogP contribution in [0.15, 0.2) is 24.3 Å². The van der Waals surface area contributed by atoms with Crippen LogP contribution < -0.4 is 0 Å². The molecule has 17 heavy (non-hydrogen) atoms. The van der Waals surface area contributed by atoms with Crippen molar-refractivity contribution in [3.63, 3.8) is 0 Å². The SMILES string of the molecule is O=C(O)C1(N2CCCC2)CCc2ccccc21. The number of aliphatic carboxylic acids is 1. The summed E-state index contributed by atoms with van der Waals surface area (Å²) < 4.78 is 0. The van der Waals surface area contributed by atoms with Gasteiger partial charge in [0.25, 0.3) is 0 Å². The predicted molar refractivity (Wildman–Crippen MR) is 64.9 cm³/mol. The first kappa shape index (κ1) is 10.8. The molecular weight excluding hydrogens is 214 g/mol. The van der Waals surface area contributed by atoms with Crippen molar-refractivity contribution < 1.29 is 9.90 Å². The van der Waals surface area contributed by atoms with Crippen molar-refractivity contribution in [3.05, 3.63) is 35.4 Å². The van der Waals surface area contributed by atoms with Crippen molar-refractivity contribution in [1.82, 2.24) is 4.90 Å². The van der Waals surface area contributed by atoms with Gasteiger partial charge in [0.1, 0.15) is 5.54 Å². The molecule has 2 aliphatic rings. The van der Waals surface area contributed by atoms with Gasteiger partial charge in [-0.2, -0.15) is 0 Å². The summed E-state index contributed by atoms with van der Waals surface area (Å²) in [4.78, 5) is 14.0. The molecule has 1 heterocycles. The number of hydrogen-bond donors (Lipinski definition) is 1. The van der Waals surface area contributed by atoms with Crippen LogP contribution in [0.5, 0.6) is 0 Å². The van der Waals surface area contributed by atoms with Crippen molar-refractivity contribution >= 4 is 5.97 Å². The van der Waals surface area contributed by atoms with Crippen molar-refractivity contribution in [2.75, 3.05) is 13.1 Å². The van der Waals surface area contributed by atoms with Crippen molar-refractivity contribution in [1.29, 1.82) is 0 Å². The van der Waals surface area contributed by atoms with Gasteiger partial charge in [-0.25, -0.2) is 4.79 Å². The summed E-state index contributed by atoms with van der Waals surface area (Å²) in [6, 6.07) is 8.02. The molecule has 1 aromatic rings. The molecule has 0 spiro atoms. The average Bonchev–Trinajstić information content (AvgIpc) is 2.96. The van der Waals surface area contributed by atoms with Gasteiger partial charge in [-0.1, -0.05) is 24.3 Å². The van der Waals surface area contributed by atoms with Gasteiger partial charge < -0.3 is 5.11 Å². The molecule has 1 aliphatic carbocycles. The maximum absolute atomic E-state index is 11.8. The van der Waals surface area contributed by atoms with E-state index in [1.807, 2.05) is 18.2 Å². The maximum atomic E-state index is 11.8. The summed E-state index contributed by atoms with van der Waals surface area (Å²) in [7, 11) is 0. The van der Waals surface area contributed by atoms with E-state index in [-0.39, 0.29) is 0 Å². The van der Waals surface area contributed by atoms with E-state index < -0.39 is 11.5 Å². The third kappa shape index (κ3) is 1.42. The van der Waals surface area contributed by atoms with Crippen LogP contribution >= 0.6 is 0 Å². The van der Waals surface area contributed by atoms with E-state index in [1.54, 1.807) is 0 Å². The third-order valence-electron chi connectivity index (χ3n) is 4.22. The summed E-state index contributed by atoms with van der Waals surface area (Å²) >= 11 is 0. The smallest absolute Gasteiger partial charge is 0.328 e. The number of carbonyl (C=O) groups is 1. The standard InChI is InChI=1S/C14H17NO2/c16-13(17)14(15-9-3-4-10-15)8-7-11-5-1-2-6-12(11)14/h1-2,5-6H,3-4,7-10H2,(H,16,17). The number of hydrogen-bond acceptors (Lipinski definition) is 2. The number of likely N-dealkylation sites (tertiary alicyclic amines) is 1. The lowest BCUT2D eigenvalue weighted by Crippen LogP contribution is -2.49. The molecule has 0 radical (unpaired) electrons. The molecule has 0 amide bonds. The first-order chi connectivity index (χ1) is 8.25. The van der Waals surface area contributed by atoms with E-state index in [2.05, 4.69) is 11.0 Å². The van der Waals surface area contributed by atoms with Crippen LogP contribution in [0.2, 0.25) is 0 Å². The monoisotopic (exact) mass is 231 g/mol. The lowest BCUT2D eigenvalue weighted by molar-refractivity contribution is -0.151. The van der Waals surface area contributed by atoms with E-state index >= 15 is 0 Å². The number of aryl methyl sites for hydroxylation is 1. The number of fused-ring (bicyclic) bond motifs is 1. The minimum Gasteiger partial charge on any atom is -0.480 e. The summed E-state index contributed by atoms with van der Waals surface area (Å²) in [5, 5.41) is 9.73. The van der Waals surface area contributed by atoms with Crippen molar-refractivity contribution in [3.8, 4) is 0 Å². The molecule has 1 fully saturated rings. The highest BCUT2D eigenvalue weighted by Gasteiger charge is 2.50. The Hall–Kier alpha value is -1.35. The molecule has 0 bridgehead atoms. The number of carboxylic acids is 1. The van der Waals surface area contributed by atoms with E-state index in [9.17, 15) is 9.90 Å². The highest BCUT2D eigenvalue weighted by molar-refractivity contribution is 5.82. The van der Waals surface area contributed by atoms with E-state index in [1.165, 1.54) is 5.56 Å². The fourth-order valence-corrected chi connectivity index (χ4v) is 3.38. The highest BCUT2D eigenvalue weighted by atomic mass is 16.4. The average molecular weight is 231 g/mol. The largest absolute Gasteiger partial charge is 0.480 e. The molecule has 1 aliphatic heterocycles. The topological polar surface area (TPSA) is 40.5 Å². The van der Waals surface area contributed by atoms with Crippen LogP contribution in [-0.4, -0.2) is 29.1 Å². The van der Waals surface area contributed by atoms with Crippen molar-refractivity contribution in [2.45, 2.75) is 31.2 Å². The second-order valence-corrected chi connectivity index (χ2v) is 5.02. The van der Waals surface area contributed by atoms with Gasteiger partial charge in [-0.3, -0.25) is 4.90 Å². The van der Waals surface area contributed by atoms with Crippen LogP contribution in [0.4, 0.5) is 0 Å². The molecule has 3 rings (SSSR count). The molecule has 90 valence electrons. The molecule has 1 saturated heterocycles. The van der Waals surface area contributed by atoms with Crippen LogP contribution in [0.3, 0.4) is 0 Å². The third-order valence-corrected chi connectivity index (χ3v) is 4.22. The highest BCUT2D eigenvalue weighted by Crippen LogP contribution is 2.43. The zero-order valence-corrected chi connectivity index (χ0v) is 9.85. The van der Waals surface area contributed by atoms with Gasteiger partial charge >= 0.3 is 5.97 Å². The van der Waals surface area contributed by atoms with Gasteiger partial charge in [0.2, 0.25) is 0 Å². The molecule has 1 N–H and O–H groups in total. The predicted octanol–water partition coefficient (Wildman–Crippen LogP) is 2.01. The molecule has 1 unspecified atom stereocenters. The van der Waals surface area contributed by atoms with E-state index in [0.717, 1.165) is 44.3 Å². The Morgan fingerprint density at radius 3 is 2.65 bits per heavy atom. The Kier molecular flexibility index (Phi) is 2.44. The number of carboxylic acid groups (broad SMARTS) is 1. The van der Waals surface area contributed by atoms with Gasteiger partial charge in [-0.15, -0.1) is 0 Å². The number of nitrogens with zero attached hydrogens (tertiary/aromatic N) is 1. The second-order valence-electron chi connectivity index (χ2n) is 5.02. The van der Waals surface area contributed by atoms with Gasteiger partial charge in [0, 0.05) is 0 Å². The molecule has 1 atom stereocenters. The molecule has 0 aromatic heterocycles. The molecule has 0 saturated carbocycles. The quantitative estimate of drug-likeness (QED) is 0.846. The first-order valence-electron chi connectivity index (χ1n) is 6.32. The minimum atomic E-state index is -0.743. The Morgan fingerprint density at radius 2 is 1.94 bits per heavy atom. The van der Waals surface area contributed by atoms with Gasteiger partial charge in [-0.05, 0) is 49.9 Å². The zero-order chi connectivity index (χ0) is 11.9. The number of rotatable bonds is 2. The first-order valence-corrected chi connectivity index (χ1v) is 6.32. The Balaban J connectivity index is 2.10. The van der Waals surface area contributed by atoms with Gasteiger partial charge in [0.05, 0.1) is 0 Å². The summed E-state index contributed by atoms with van der Waals surface area (Å²) in [6.45, 7) is 1.83. The molecular formula is C14H17NO2. The molecule has 3 nitrogen and oxygen atoms in total. The fraction of sp³-hybridized carbons (Fsp3) is 0.500. The van der Waals surface area contributed by atoms with Gasteiger partial charge in [0.15, 0.2) is 0 Å². The summed E-state index contributed by atoms with van der Waals surface area (Å²) in [5.74, 6) is -0.677.